The van der Waals surface area contributed by atoms with Gasteiger partial charge in [0.15, 0.2) is 0 Å². The highest BCUT2D eigenvalue weighted by Crippen LogP contribution is 2.32. The van der Waals surface area contributed by atoms with Crippen LogP contribution in [0.3, 0.4) is 0 Å². The third-order valence-corrected chi connectivity index (χ3v) is 4.11. The molecule has 0 spiro atoms. The lowest BCUT2D eigenvalue weighted by molar-refractivity contribution is 0.0733. The van der Waals surface area contributed by atoms with Crippen LogP contribution in [0.25, 0.3) is 0 Å². The number of benzene rings is 1. The van der Waals surface area contributed by atoms with Crippen LogP contribution < -0.4 is 0 Å². The second kappa shape index (κ2) is 5.21. The van der Waals surface area contributed by atoms with E-state index in [1.807, 2.05) is 41.4 Å². The number of nitrogens with zero attached hydrogens (tertiary/aromatic N) is 1. The first-order valence-corrected chi connectivity index (χ1v) is 7.25. The van der Waals surface area contributed by atoms with Crippen LogP contribution in [-0.4, -0.2) is 22.3 Å². The van der Waals surface area contributed by atoms with Crippen LogP contribution in [0, 0.1) is 0 Å². The molecule has 0 bridgehead atoms. The monoisotopic (exact) mass is 318 g/mol. The average Bonchev–Trinajstić information content (AvgIpc) is 3.09. The van der Waals surface area contributed by atoms with Crippen molar-refractivity contribution in [3.8, 4) is 0 Å². The molecule has 1 aliphatic rings. The van der Waals surface area contributed by atoms with Crippen molar-refractivity contribution in [3.05, 3.63) is 58.3 Å². The second-order valence-electron chi connectivity index (χ2n) is 4.79. The Bertz CT molecular complexity index is 562. The van der Waals surface area contributed by atoms with Gasteiger partial charge in [-0.2, -0.15) is 0 Å². The van der Waals surface area contributed by atoms with Crippen LogP contribution in [0.15, 0.2) is 47.1 Å². The summed E-state index contributed by atoms with van der Waals surface area (Å²) < 4.78 is 0.992. The van der Waals surface area contributed by atoms with E-state index in [4.69, 9.17) is 0 Å². The van der Waals surface area contributed by atoms with Gasteiger partial charge in [-0.1, -0.05) is 15.9 Å². The summed E-state index contributed by atoms with van der Waals surface area (Å²) in [4.78, 5) is 17.8. The van der Waals surface area contributed by atoms with E-state index in [1.165, 1.54) is 0 Å². The van der Waals surface area contributed by atoms with Gasteiger partial charge in [-0.05, 0) is 49.2 Å². The normalized spacial score (nSPS) is 18.8. The minimum Gasteiger partial charge on any atom is -0.363 e. The summed E-state index contributed by atoms with van der Waals surface area (Å²) >= 11 is 3.39. The second-order valence-corrected chi connectivity index (χ2v) is 5.70. The number of carbonyl (C=O) groups is 1. The lowest BCUT2D eigenvalue weighted by Crippen LogP contribution is -2.30. The maximum Gasteiger partial charge on any atom is 0.254 e. The molecule has 2 aromatic rings. The first-order chi connectivity index (χ1) is 9.25. The number of amides is 1. The van der Waals surface area contributed by atoms with Gasteiger partial charge in [-0.3, -0.25) is 4.79 Å². The van der Waals surface area contributed by atoms with Crippen molar-refractivity contribution in [2.45, 2.75) is 18.9 Å². The Kier molecular flexibility index (Phi) is 3.42. The van der Waals surface area contributed by atoms with Gasteiger partial charge < -0.3 is 9.88 Å². The van der Waals surface area contributed by atoms with Gasteiger partial charge in [0.05, 0.1) is 6.04 Å². The largest absolute Gasteiger partial charge is 0.363 e. The molecule has 1 atom stereocenters. The smallest absolute Gasteiger partial charge is 0.254 e. The highest BCUT2D eigenvalue weighted by Gasteiger charge is 2.30. The van der Waals surface area contributed by atoms with Gasteiger partial charge in [0.25, 0.3) is 5.91 Å². The maximum atomic E-state index is 12.6. The van der Waals surface area contributed by atoms with Crippen molar-refractivity contribution in [2.75, 3.05) is 6.54 Å². The zero-order chi connectivity index (χ0) is 13.2. The van der Waals surface area contributed by atoms with Crippen molar-refractivity contribution in [2.24, 2.45) is 0 Å². The van der Waals surface area contributed by atoms with Gasteiger partial charge in [0.1, 0.15) is 0 Å². The van der Waals surface area contributed by atoms with E-state index in [0.29, 0.717) is 0 Å². The fourth-order valence-corrected chi connectivity index (χ4v) is 2.91. The summed E-state index contributed by atoms with van der Waals surface area (Å²) in [6.45, 7) is 0.832. The van der Waals surface area contributed by atoms with Crippen LogP contribution in [0.5, 0.6) is 0 Å². The summed E-state index contributed by atoms with van der Waals surface area (Å²) in [6.07, 6.45) is 4.00. The highest BCUT2D eigenvalue weighted by atomic mass is 79.9. The Hall–Kier alpha value is -1.55. The number of carbonyl (C=O) groups excluding carboxylic acids is 1. The molecule has 1 aliphatic heterocycles. The van der Waals surface area contributed by atoms with Crippen LogP contribution in [0.4, 0.5) is 0 Å². The summed E-state index contributed by atoms with van der Waals surface area (Å²) in [7, 11) is 0. The molecule has 3 nitrogen and oxygen atoms in total. The molecule has 1 amide bonds. The minimum atomic E-state index is 0.115. The SMILES string of the molecule is O=C(c1ccc(Br)cc1)N1CCC[C@@H]1c1ccc[nH]1. The molecule has 1 saturated heterocycles. The van der Waals surface area contributed by atoms with Gasteiger partial charge >= 0.3 is 0 Å². The maximum absolute atomic E-state index is 12.6. The number of H-pyrrole nitrogens is 1. The van der Waals surface area contributed by atoms with E-state index in [0.717, 1.165) is 35.1 Å². The number of halogens is 1. The van der Waals surface area contributed by atoms with Gasteiger partial charge in [-0.25, -0.2) is 0 Å². The van der Waals surface area contributed by atoms with E-state index in [-0.39, 0.29) is 11.9 Å². The van der Waals surface area contributed by atoms with Crippen LogP contribution >= 0.6 is 15.9 Å². The van der Waals surface area contributed by atoms with Gasteiger partial charge in [0, 0.05) is 28.5 Å². The number of aromatic nitrogens is 1. The number of aromatic amines is 1. The Morgan fingerprint density at radius 1 is 1.26 bits per heavy atom. The van der Waals surface area contributed by atoms with Crippen LogP contribution in [-0.2, 0) is 0 Å². The number of hydrogen-bond acceptors (Lipinski definition) is 1. The summed E-state index contributed by atoms with van der Waals surface area (Å²) in [6, 6.07) is 11.8. The van der Waals surface area contributed by atoms with Crippen molar-refractivity contribution in [1.82, 2.24) is 9.88 Å². The standard InChI is InChI=1S/C15H15BrN2O/c16-12-7-5-11(6-8-12)15(19)18-10-2-4-14(18)13-3-1-9-17-13/h1,3,5-9,14,17H,2,4,10H2/t14-/m1/s1. The fourth-order valence-electron chi connectivity index (χ4n) is 2.64. The number of nitrogens with one attached hydrogen (secondary N) is 1. The topological polar surface area (TPSA) is 36.1 Å². The molecule has 3 rings (SSSR count). The van der Waals surface area contributed by atoms with Crippen molar-refractivity contribution in [3.63, 3.8) is 0 Å². The number of likely N-dealkylation sites (tertiary alicyclic amines) is 1. The molecule has 0 unspecified atom stereocenters. The van der Waals surface area contributed by atoms with Crippen molar-refractivity contribution < 1.29 is 4.79 Å². The third-order valence-electron chi connectivity index (χ3n) is 3.59. The first kappa shape index (κ1) is 12.5. The summed E-state index contributed by atoms with van der Waals surface area (Å²) in [5.74, 6) is 0.115. The van der Waals surface area contributed by atoms with Gasteiger partial charge in [-0.15, -0.1) is 0 Å². The average molecular weight is 319 g/mol. The lowest BCUT2D eigenvalue weighted by Gasteiger charge is -2.24. The fraction of sp³-hybridized carbons (Fsp3) is 0.267. The van der Waals surface area contributed by atoms with Crippen molar-refractivity contribution >= 4 is 21.8 Å². The molecule has 4 heteroatoms. The molecule has 0 aliphatic carbocycles. The first-order valence-electron chi connectivity index (χ1n) is 6.45. The van der Waals surface area contributed by atoms with E-state index in [2.05, 4.69) is 27.0 Å². The van der Waals surface area contributed by atoms with E-state index < -0.39 is 0 Å². The predicted octanol–water partition coefficient (Wildman–Crippen LogP) is 3.75. The zero-order valence-electron chi connectivity index (χ0n) is 10.5. The lowest BCUT2D eigenvalue weighted by atomic mass is 10.1. The number of rotatable bonds is 2. The van der Waals surface area contributed by atoms with Gasteiger partial charge in [0.2, 0.25) is 0 Å². The molecular weight excluding hydrogens is 304 g/mol. The van der Waals surface area contributed by atoms with Crippen molar-refractivity contribution in [1.29, 1.82) is 0 Å². The quantitative estimate of drug-likeness (QED) is 0.899. The Balaban J connectivity index is 1.84. The summed E-state index contributed by atoms with van der Waals surface area (Å²) in [5, 5.41) is 0. The van der Waals surface area contributed by atoms with Crippen LogP contribution in [0.2, 0.25) is 0 Å². The van der Waals surface area contributed by atoms with E-state index in [1.54, 1.807) is 0 Å². The molecule has 1 aromatic carbocycles. The van der Waals surface area contributed by atoms with Crippen LogP contribution in [0.1, 0.15) is 34.9 Å². The molecule has 0 radical (unpaired) electrons. The predicted molar refractivity (Wildman–Crippen MR) is 77.9 cm³/mol. The third kappa shape index (κ3) is 2.45. The van der Waals surface area contributed by atoms with E-state index >= 15 is 0 Å². The minimum absolute atomic E-state index is 0.115. The molecule has 98 valence electrons. The Morgan fingerprint density at radius 3 is 2.74 bits per heavy atom. The molecule has 19 heavy (non-hydrogen) atoms. The Labute approximate surface area is 120 Å². The molecule has 1 aromatic heterocycles. The zero-order valence-corrected chi connectivity index (χ0v) is 12.1. The molecule has 1 N–H and O–H groups in total. The molecule has 1 fully saturated rings. The highest BCUT2D eigenvalue weighted by molar-refractivity contribution is 9.10. The number of hydrogen-bond donors (Lipinski definition) is 1. The molecule has 0 saturated carbocycles. The molecule has 2 heterocycles. The summed E-state index contributed by atoms with van der Waals surface area (Å²) in [5.41, 5.74) is 1.88. The van der Waals surface area contributed by atoms with E-state index in [9.17, 15) is 4.79 Å². The molecular formula is C15H15BrN2O. The Morgan fingerprint density at radius 2 is 2.05 bits per heavy atom.